The quantitative estimate of drug-likeness (QED) is 0.577. The van der Waals surface area contributed by atoms with Crippen molar-refractivity contribution in [1.82, 2.24) is 9.97 Å². The molecule has 2 aromatic heterocycles. The van der Waals surface area contributed by atoms with Crippen molar-refractivity contribution in [3.8, 4) is 11.5 Å². The van der Waals surface area contributed by atoms with E-state index in [0.29, 0.717) is 27.7 Å². The van der Waals surface area contributed by atoms with Crippen molar-refractivity contribution in [2.45, 2.75) is 0 Å². The summed E-state index contributed by atoms with van der Waals surface area (Å²) in [6, 6.07) is 15.7. The first-order chi connectivity index (χ1) is 12.2. The van der Waals surface area contributed by atoms with Crippen molar-refractivity contribution in [2.24, 2.45) is 0 Å². The molecule has 0 bridgehead atoms. The monoisotopic (exact) mass is 349 g/mol. The van der Waals surface area contributed by atoms with Crippen LogP contribution in [0.5, 0.6) is 0 Å². The number of anilines is 1. The van der Waals surface area contributed by atoms with Gasteiger partial charge in [0.25, 0.3) is 5.91 Å². The van der Waals surface area contributed by atoms with Crippen LogP contribution in [0.15, 0.2) is 71.4 Å². The number of amides is 1. The summed E-state index contributed by atoms with van der Waals surface area (Å²) in [6.07, 6.45) is 3.37. The van der Waals surface area contributed by atoms with E-state index < -0.39 is 0 Å². The molecule has 122 valence electrons. The predicted octanol–water partition coefficient (Wildman–Crippen LogP) is 4.80. The number of fused-ring (bicyclic) bond motifs is 1. The van der Waals surface area contributed by atoms with Crippen molar-refractivity contribution in [3.63, 3.8) is 0 Å². The summed E-state index contributed by atoms with van der Waals surface area (Å²) in [5.74, 6) is 0.295. The molecule has 0 unspecified atom stereocenters. The third kappa shape index (κ3) is 3.22. The van der Waals surface area contributed by atoms with Crippen LogP contribution in [0.3, 0.4) is 0 Å². The van der Waals surface area contributed by atoms with Gasteiger partial charge in [-0.25, -0.2) is 4.98 Å². The van der Waals surface area contributed by atoms with Gasteiger partial charge in [-0.3, -0.25) is 9.78 Å². The second-order valence-corrected chi connectivity index (χ2v) is 5.83. The second-order valence-electron chi connectivity index (χ2n) is 5.40. The Hall–Kier alpha value is -3.18. The number of aromatic nitrogens is 2. The highest BCUT2D eigenvalue weighted by Gasteiger charge is 2.10. The molecule has 4 rings (SSSR count). The normalized spacial score (nSPS) is 10.8. The van der Waals surface area contributed by atoms with Crippen molar-refractivity contribution in [2.75, 3.05) is 5.32 Å². The first-order valence-electron chi connectivity index (χ1n) is 7.57. The van der Waals surface area contributed by atoms with Crippen molar-refractivity contribution in [1.29, 1.82) is 0 Å². The van der Waals surface area contributed by atoms with Crippen molar-refractivity contribution >= 4 is 34.3 Å². The van der Waals surface area contributed by atoms with Gasteiger partial charge < -0.3 is 9.73 Å². The zero-order chi connectivity index (χ0) is 17.2. The maximum Gasteiger partial charge on any atom is 0.255 e. The molecule has 1 N–H and O–H groups in total. The number of halogens is 1. The number of carbonyl (C=O) groups is 1. The molecule has 0 atom stereocenters. The summed E-state index contributed by atoms with van der Waals surface area (Å²) in [6.45, 7) is 0. The van der Waals surface area contributed by atoms with Crippen LogP contribution in [-0.2, 0) is 0 Å². The average molecular weight is 350 g/mol. The third-order valence-electron chi connectivity index (χ3n) is 3.68. The van der Waals surface area contributed by atoms with Crippen molar-refractivity contribution < 1.29 is 9.21 Å². The van der Waals surface area contributed by atoms with Gasteiger partial charge >= 0.3 is 0 Å². The van der Waals surface area contributed by atoms with Gasteiger partial charge in [-0.15, -0.1) is 0 Å². The molecule has 0 saturated heterocycles. The van der Waals surface area contributed by atoms with Crippen LogP contribution in [0.25, 0.3) is 22.6 Å². The number of rotatable bonds is 3. The molecule has 0 radical (unpaired) electrons. The lowest BCUT2D eigenvalue weighted by Crippen LogP contribution is -2.11. The molecule has 0 fully saturated rings. The maximum absolute atomic E-state index is 12.3. The van der Waals surface area contributed by atoms with Gasteiger partial charge in [0.2, 0.25) is 5.89 Å². The number of hydrogen-bond donors (Lipinski definition) is 1. The first kappa shape index (κ1) is 15.4. The summed E-state index contributed by atoms with van der Waals surface area (Å²) in [5, 5.41) is 3.43. The highest BCUT2D eigenvalue weighted by molar-refractivity contribution is 6.30. The topological polar surface area (TPSA) is 68.0 Å². The van der Waals surface area contributed by atoms with E-state index in [9.17, 15) is 4.79 Å². The van der Waals surface area contributed by atoms with E-state index in [4.69, 9.17) is 16.0 Å². The number of pyridine rings is 1. The Bertz CT molecular complexity index is 1040. The van der Waals surface area contributed by atoms with E-state index in [-0.39, 0.29) is 5.91 Å². The number of benzene rings is 2. The lowest BCUT2D eigenvalue weighted by atomic mass is 10.2. The van der Waals surface area contributed by atoms with Gasteiger partial charge in [0.05, 0.1) is 0 Å². The Kier molecular flexibility index (Phi) is 3.91. The lowest BCUT2D eigenvalue weighted by Gasteiger charge is -2.04. The number of hydrogen-bond acceptors (Lipinski definition) is 4. The molecule has 1 amide bonds. The smallest absolute Gasteiger partial charge is 0.255 e. The zero-order valence-electron chi connectivity index (χ0n) is 12.9. The summed E-state index contributed by atoms with van der Waals surface area (Å²) < 4.78 is 5.79. The number of nitrogens with one attached hydrogen (secondary N) is 1. The second kappa shape index (κ2) is 6.37. The van der Waals surface area contributed by atoms with E-state index in [0.717, 1.165) is 11.1 Å². The molecule has 0 aliphatic heterocycles. The molecule has 0 aliphatic carbocycles. The fourth-order valence-corrected chi connectivity index (χ4v) is 2.55. The number of nitrogens with zero attached hydrogens (tertiary/aromatic N) is 2. The van der Waals surface area contributed by atoms with Gasteiger partial charge in [-0.05, 0) is 48.5 Å². The standard InChI is InChI=1S/C19H12ClN3O2/c20-14-3-1-12(2-4-14)18(24)22-15-5-6-16-17(11-15)25-19(23-16)13-7-9-21-10-8-13/h1-11H,(H,22,24). The molecule has 5 nitrogen and oxygen atoms in total. The Morgan fingerprint density at radius 1 is 1.00 bits per heavy atom. The Balaban J connectivity index is 1.61. The summed E-state index contributed by atoms with van der Waals surface area (Å²) >= 11 is 5.84. The molecule has 0 saturated carbocycles. The van der Waals surface area contributed by atoms with Gasteiger partial charge in [0.1, 0.15) is 5.52 Å². The Morgan fingerprint density at radius 3 is 2.52 bits per heavy atom. The van der Waals surface area contributed by atoms with Crippen LogP contribution in [0, 0.1) is 0 Å². The third-order valence-corrected chi connectivity index (χ3v) is 3.93. The van der Waals surface area contributed by atoms with Crippen molar-refractivity contribution in [3.05, 3.63) is 77.6 Å². The zero-order valence-corrected chi connectivity index (χ0v) is 13.7. The number of carbonyl (C=O) groups excluding carboxylic acids is 1. The van der Waals surface area contributed by atoms with Gasteiger partial charge in [-0.2, -0.15) is 0 Å². The van der Waals surface area contributed by atoms with Crippen LogP contribution in [0.2, 0.25) is 5.02 Å². The maximum atomic E-state index is 12.3. The largest absolute Gasteiger partial charge is 0.436 e. The molecule has 4 aromatic rings. The summed E-state index contributed by atoms with van der Waals surface area (Å²) in [7, 11) is 0. The average Bonchev–Trinajstić information content (AvgIpc) is 3.06. The minimum Gasteiger partial charge on any atom is -0.436 e. The van der Waals surface area contributed by atoms with Crippen LogP contribution >= 0.6 is 11.6 Å². The number of oxazole rings is 1. The Labute approximate surface area is 148 Å². The van der Waals surface area contributed by atoms with Crippen LogP contribution in [0.4, 0.5) is 5.69 Å². The molecule has 0 aliphatic rings. The van der Waals surface area contributed by atoms with E-state index in [2.05, 4.69) is 15.3 Å². The van der Waals surface area contributed by atoms with E-state index in [1.807, 2.05) is 12.1 Å². The van der Waals surface area contributed by atoms with Crippen LogP contribution in [-0.4, -0.2) is 15.9 Å². The summed E-state index contributed by atoms with van der Waals surface area (Å²) in [4.78, 5) is 20.7. The predicted molar refractivity (Wildman–Crippen MR) is 96.6 cm³/mol. The highest BCUT2D eigenvalue weighted by Crippen LogP contribution is 2.26. The minimum absolute atomic E-state index is 0.218. The van der Waals surface area contributed by atoms with E-state index in [1.165, 1.54) is 0 Å². The lowest BCUT2D eigenvalue weighted by molar-refractivity contribution is 0.102. The molecule has 2 heterocycles. The Morgan fingerprint density at radius 2 is 1.76 bits per heavy atom. The highest BCUT2D eigenvalue weighted by atomic mass is 35.5. The van der Waals surface area contributed by atoms with Crippen LogP contribution < -0.4 is 5.32 Å². The minimum atomic E-state index is -0.218. The van der Waals surface area contributed by atoms with E-state index >= 15 is 0 Å². The van der Waals surface area contributed by atoms with Gasteiger partial charge in [0, 0.05) is 40.3 Å². The molecular weight excluding hydrogens is 338 g/mol. The van der Waals surface area contributed by atoms with Crippen LogP contribution in [0.1, 0.15) is 10.4 Å². The summed E-state index contributed by atoms with van der Waals surface area (Å²) in [5.41, 5.74) is 3.32. The molecular formula is C19H12ClN3O2. The molecule has 25 heavy (non-hydrogen) atoms. The molecule has 2 aromatic carbocycles. The molecule has 6 heteroatoms. The van der Waals surface area contributed by atoms with E-state index in [1.54, 1.807) is 54.9 Å². The first-order valence-corrected chi connectivity index (χ1v) is 7.95. The van der Waals surface area contributed by atoms with Gasteiger partial charge in [-0.1, -0.05) is 11.6 Å². The fourth-order valence-electron chi connectivity index (χ4n) is 2.42. The SMILES string of the molecule is O=C(Nc1ccc2nc(-c3ccncc3)oc2c1)c1ccc(Cl)cc1. The van der Waals surface area contributed by atoms with Gasteiger partial charge in [0.15, 0.2) is 5.58 Å². The molecule has 0 spiro atoms. The fraction of sp³-hybridized carbons (Fsp3) is 0.